The van der Waals surface area contributed by atoms with Crippen LogP contribution in [0.15, 0.2) is 24.3 Å². The smallest absolute Gasteiger partial charge is 0.223 e. The van der Waals surface area contributed by atoms with Gasteiger partial charge in [0.15, 0.2) is 0 Å². The standard InChI is InChI=1S/C14H23N3O/c1-12(18)17(2)14-8-6-13(7-9-14)16-11-5-3-4-10-15/h6-9,16H,3-5,10-11,15H2,1-2H3. The first kappa shape index (κ1) is 14.5. The number of unbranched alkanes of at least 4 members (excludes halogenated alkanes) is 2. The van der Waals surface area contributed by atoms with Crippen LogP contribution in [0.4, 0.5) is 11.4 Å². The van der Waals surface area contributed by atoms with Crippen molar-refractivity contribution in [3.8, 4) is 0 Å². The lowest BCUT2D eigenvalue weighted by Gasteiger charge is -2.15. The number of carbonyl (C=O) groups is 1. The van der Waals surface area contributed by atoms with Crippen molar-refractivity contribution in [1.82, 2.24) is 0 Å². The highest BCUT2D eigenvalue weighted by molar-refractivity contribution is 5.90. The van der Waals surface area contributed by atoms with Crippen molar-refractivity contribution >= 4 is 17.3 Å². The quantitative estimate of drug-likeness (QED) is 0.728. The number of amides is 1. The maximum Gasteiger partial charge on any atom is 0.223 e. The highest BCUT2D eigenvalue weighted by Gasteiger charge is 2.04. The molecule has 0 atom stereocenters. The number of nitrogens with one attached hydrogen (secondary N) is 1. The van der Waals surface area contributed by atoms with Gasteiger partial charge in [-0.15, -0.1) is 0 Å². The van der Waals surface area contributed by atoms with Gasteiger partial charge in [0, 0.05) is 31.9 Å². The second kappa shape index (κ2) is 7.71. The first-order valence-corrected chi connectivity index (χ1v) is 6.43. The van der Waals surface area contributed by atoms with Crippen LogP contribution in [0.2, 0.25) is 0 Å². The van der Waals surface area contributed by atoms with Crippen LogP contribution in [0.3, 0.4) is 0 Å². The van der Waals surface area contributed by atoms with Gasteiger partial charge in [0.05, 0.1) is 0 Å². The van der Waals surface area contributed by atoms with Crippen LogP contribution in [-0.4, -0.2) is 26.0 Å². The molecular weight excluding hydrogens is 226 g/mol. The third-order valence-electron chi connectivity index (χ3n) is 2.94. The third-order valence-corrected chi connectivity index (χ3v) is 2.94. The van der Waals surface area contributed by atoms with Crippen LogP contribution in [-0.2, 0) is 4.79 Å². The Morgan fingerprint density at radius 2 is 1.89 bits per heavy atom. The van der Waals surface area contributed by atoms with Crippen molar-refractivity contribution in [3.63, 3.8) is 0 Å². The molecule has 0 aromatic heterocycles. The molecule has 0 spiro atoms. The van der Waals surface area contributed by atoms with Gasteiger partial charge >= 0.3 is 0 Å². The van der Waals surface area contributed by atoms with Crippen LogP contribution in [0, 0.1) is 0 Å². The maximum atomic E-state index is 11.2. The van der Waals surface area contributed by atoms with E-state index in [1.165, 1.54) is 0 Å². The Bertz CT molecular complexity index is 362. The second-order valence-corrected chi connectivity index (χ2v) is 4.40. The first-order chi connectivity index (χ1) is 8.65. The van der Waals surface area contributed by atoms with E-state index >= 15 is 0 Å². The summed E-state index contributed by atoms with van der Waals surface area (Å²) in [5, 5.41) is 3.35. The summed E-state index contributed by atoms with van der Waals surface area (Å²) < 4.78 is 0. The molecule has 0 saturated carbocycles. The van der Waals surface area contributed by atoms with Gasteiger partial charge in [0.1, 0.15) is 0 Å². The fourth-order valence-corrected chi connectivity index (χ4v) is 1.66. The molecule has 18 heavy (non-hydrogen) atoms. The summed E-state index contributed by atoms with van der Waals surface area (Å²) in [6.45, 7) is 3.29. The average Bonchev–Trinajstić information content (AvgIpc) is 2.38. The highest BCUT2D eigenvalue weighted by atomic mass is 16.2. The van der Waals surface area contributed by atoms with Crippen molar-refractivity contribution in [1.29, 1.82) is 0 Å². The van der Waals surface area contributed by atoms with E-state index in [0.717, 1.165) is 43.7 Å². The van der Waals surface area contributed by atoms with E-state index in [-0.39, 0.29) is 5.91 Å². The number of carbonyl (C=O) groups excluding carboxylic acids is 1. The van der Waals surface area contributed by atoms with Gasteiger partial charge in [0.25, 0.3) is 0 Å². The molecule has 0 aliphatic heterocycles. The fourth-order valence-electron chi connectivity index (χ4n) is 1.66. The second-order valence-electron chi connectivity index (χ2n) is 4.40. The van der Waals surface area contributed by atoms with E-state index in [0.29, 0.717) is 0 Å². The minimum Gasteiger partial charge on any atom is -0.385 e. The summed E-state index contributed by atoms with van der Waals surface area (Å²) >= 11 is 0. The number of hydrogen-bond acceptors (Lipinski definition) is 3. The number of nitrogens with zero attached hydrogens (tertiary/aromatic N) is 1. The van der Waals surface area contributed by atoms with Crippen LogP contribution in [0.25, 0.3) is 0 Å². The summed E-state index contributed by atoms with van der Waals surface area (Å²) in [5.41, 5.74) is 7.44. The molecule has 0 unspecified atom stereocenters. The molecule has 1 amide bonds. The van der Waals surface area contributed by atoms with Gasteiger partial charge in [-0.3, -0.25) is 4.79 Å². The van der Waals surface area contributed by atoms with Gasteiger partial charge in [-0.05, 0) is 43.7 Å². The Kier molecular flexibility index (Phi) is 6.22. The summed E-state index contributed by atoms with van der Waals surface area (Å²) in [4.78, 5) is 12.8. The normalized spacial score (nSPS) is 10.2. The SMILES string of the molecule is CC(=O)N(C)c1ccc(NCCCCCN)cc1. The van der Waals surface area contributed by atoms with Crippen molar-refractivity contribution in [3.05, 3.63) is 24.3 Å². The number of rotatable bonds is 7. The molecule has 0 aliphatic carbocycles. The zero-order valence-corrected chi connectivity index (χ0v) is 11.3. The van der Waals surface area contributed by atoms with Gasteiger partial charge < -0.3 is 16.0 Å². The molecule has 0 fully saturated rings. The molecule has 1 rings (SSSR count). The summed E-state index contributed by atoms with van der Waals surface area (Å²) in [5.74, 6) is 0.0393. The van der Waals surface area contributed by atoms with Crippen molar-refractivity contribution in [2.75, 3.05) is 30.4 Å². The molecular formula is C14H23N3O. The van der Waals surface area contributed by atoms with E-state index in [1.54, 1.807) is 18.9 Å². The van der Waals surface area contributed by atoms with E-state index in [1.807, 2.05) is 24.3 Å². The maximum absolute atomic E-state index is 11.2. The summed E-state index contributed by atoms with van der Waals surface area (Å²) in [6.07, 6.45) is 3.38. The molecule has 1 aromatic rings. The van der Waals surface area contributed by atoms with E-state index < -0.39 is 0 Å². The lowest BCUT2D eigenvalue weighted by Crippen LogP contribution is -2.22. The van der Waals surface area contributed by atoms with E-state index in [4.69, 9.17) is 5.73 Å². The Morgan fingerprint density at radius 1 is 1.22 bits per heavy atom. The topological polar surface area (TPSA) is 58.4 Å². The van der Waals surface area contributed by atoms with Crippen LogP contribution >= 0.6 is 0 Å². The molecule has 4 nitrogen and oxygen atoms in total. The first-order valence-electron chi connectivity index (χ1n) is 6.43. The van der Waals surface area contributed by atoms with Gasteiger partial charge in [-0.25, -0.2) is 0 Å². The van der Waals surface area contributed by atoms with Crippen LogP contribution < -0.4 is 16.0 Å². The van der Waals surface area contributed by atoms with Gasteiger partial charge in [0.2, 0.25) is 5.91 Å². The van der Waals surface area contributed by atoms with Crippen molar-refractivity contribution < 1.29 is 4.79 Å². The molecule has 3 N–H and O–H groups in total. The monoisotopic (exact) mass is 249 g/mol. The van der Waals surface area contributed by atoms with E-state index in [9.17, 15) is 4.79 Å². The Hall–Kier alpha value is -1.55. The largest absolute Gasteiger partial charge is 0.385 e. The molecule has 0 heterocycles. The molecule has 1 aromatic carbocycles. The lowest BCUT2D eigenvalue weighted by atomic mass is 10.2. The molecule has 100 valence electrons. The molecule has 4 heteroatoms. The van der Waals surface area contributed by atoms with Gasteiger partial charge in [-0.1, -0.05) is 6.42 Å². The Labute approximate surface area is 109 Å². The zero-order chi connectivity index (χ0) is 13.4. The summed E-state index contributed by atoms with van der Waals surface area (Å²) in [7, 11) is 1.78. The number of anilines is 2. The minimum atomic E-state index is 0.0393. The Morgan fingerprint density at radius 3 is 2.44 bits per heavy atom. The molecule has 0 saturated heterocycles. The van der Waals surface area contributed by atoms with Crippen molar-refractivity contribution in [2.45, 2.75) is 26.2 Å². The molecule has 0 aliphatic rings. The molecule has 0 bridgehead atoms. The van der Waals surface area contributed by atoms with Crippen LogP contribution in [0.1, 0.15) is 26.2 Å². The fraction of sp³-hybridized carbons (Fsp3) is 0.500. The van der Waals surface area contributed by atoms with E-state index in [2.05, 4.69) is 5.32 Å². The zero-order valence-electron chi connectivity index (χ0n) is 11.3. The number of benzene rings is 1. The van der Waals surface area contributed by atoms with Crippen LogP contribution in [0.5, 0.6) is 0 Å². The summed E-state index contributed by atoms with van der Waals surface area (Å²) in [6, 6.07) is 7.89. The predicted octanol–water partition coefficient (Wildman–Crippen LogP) is 2.21. The minimum absolute atomic E-state index is 0.0393. The number of nitrogens with two attached hydrogens (primary N) is 1. The third kappa shape index (κ3) is 4.75. The molecule has 0 radical (unpaired) electrons. The number of hydrogen-bond donors (Lipinski definition) is 2. The Balaban J connectivity index is 2.38. The average molecular weight is 249 g/mol. The van der Waals surface area contributed by atoms with Crippen molar-refractivity contribution in [2.24, 2.45) is 5.73 Å². The lowest BCUT2D eigenvalue weighted by molar-refractivity contribution is -0.116. The predicted molar refractivity (Wildman–Crippen MR) is 76.9 cm³/mol. The van der Waals surface area contributed by atoms with Gasteiger partial charge in [-0.2, -0.15) is 0 Å². The highest BCUT2D eigenvalue weighted by Crippen LogP contribution is 2.16.